The maximum absolute atomic E-state index is 14.2. The first kappa shape index (κ1) is 22.6. The van der Waals surface area contributed by atoms with Gasteiger partial charge in [0, 0.05) is 5.56 Å². The Bertz CT molecular complexity index is 1220. The van der Waals surface area contributed by atoms with E-state index in [9.17, 15) is 39.2 Å². The number of sulfonamides is 1. The lowest BCUT2D eigenvalue weighted by Gasteiger charge is -2.10. The van der Waals surface area contributed by atoms with Crippen molar-refractivity contribution in [3.63, 3.8) is 0 Å². The van der Waals surface area contributed by atoms with Crippen molar-refractivity contribution < 1.29 is 48.4 Å². The van der Waals surface area contributed by atoms with Crippen molar-refractivity contribution in [1.82, 2.24) is 5.16 Å². The Morgan fingerprint density at radius 2 is 1.52 bits per heavy atom. The molecule has 0 saturated carbocycles. The molecule has 0 spiro atoms. The molecule has 0 aliphatic rings. The van der Waals surface area contributed by atoms with Gasteiger partial charge < -0.3 is 9.26 Å². The highest BCUT2D eigenvalue weighted by molar-refractivity contribution is 7.89. The van der Waals surface area contributed by atoms with E-state index in [-0.39, 0.29) is 5.56 Å². The quantitative estimate of drug-likeness (QED) is 0.558. The van der Waals surface area contributed by atoms with E-state index >= 15 is 0 Å². The molecule has 0 saturated heterocycles. The largest absolute Gasteiger partial charge is 0.573 e. The smallest absolute Gasteiger partial charge is 0.406 e. The molecule has 31 heavy (non-hydrogen) atoms. The second kappa shape index (κ2) is 7.53. The number of aromatic nitrogens is 1. The summed E-state index contributed by atoms with van der Waals surface area (Å²) >= 11 is 0. The molecule has 0 aliphatic carbocycles. The van der Waals surface area contributed by atoms with Gasteiger partial charge in [-0.05, 0) is 42.0 Å². The first-order chi connectivity index (χ1) is 14.2. The van der Waals surface area contributed by atoms with Crippen LogP contribution in [0.15, 0.2) is 51.9 Å². The third kappa shape index (κ3) is 4.96. The fraction of sp³-hybridized carbons (Fsp3) is 0.118. The topological polar surface area (TPSA) is 95.4 Å². The van der Waals surface area contributed by atoms with Crippen molar-refractivity contribution in [1.29, 1.82) is 0 Å². The van der Waals surface area contributed by atoms with Gasteiger partial charge in [-0.15, -0.1) is 13.2 Å². The van der Waals surface area contributed by atoms with Crippen LogP contribution in [-0.2, 0) is 16.2 Å². The van der Waals surface area contributed by atoms with E-state index in [1.165, 1.54) is 0 Å². The first-order valence-corrected chi connectivity index (χ1v) is 9.47. The average molecular weight is 470 g/mol. The Morgan fingerprint density at radius 1 is 0.935 bits per heavy atom. The lowest BCUT2D eigenvalue weighted by molar-refractivity contribution is -0.274. The number of rotatable bonds is 4. The van der Waals surface area contributed by atoms with Gasteiger partial charge in [0.25, 0.3) is 0 Å². The summed E-state index contributed by atoms with van der Waals surface area (Å²) in [5, 5.41) is 7.78. The summed E-state index contributed by atoms with van der Waals surface area (Å²) in [5.41, 5.74) is -2.90. The molecule has 0 aliphatic heterocycles. The van der Waals surface area contributed by atoms with E-state index in [0.29, 0.717) is 12.1 Å². The zero-order valence-corrected chi connectivity index (χ0v) is 15.6. The minimum absolute atomic E-state index is 0.136. The van der Waals surface area contributed by atoms with Crippen LogP contribution in [-0.4, -0.2) is 19.9 Å². The number of nitrogens with zero attached hydrogens (tertiary/aromatic N) is 1. The van der Waals surface area contributed by atoms with Gasteiger partial charge in [0.15, 0.2) is 11.5 Å². The predicted octanol–water partition coefficient (Wildman–Crippen LogP) is 4.71. The van der Waals surface area contributed by atoms with Crippen molar-refractivity contribution in [3.05, 3.63) is 54.0 Å². The van der Waals surface area contributed by atoms with Crippen molar-refractivity contribution in [2.45, 2.75) is 17.4 Å². The van der Waals surface area contributed by atoms with Gasteiger partial charge in [-0.25, -0.2) is 17.9 Å². The van der Waals surface area contributed by atoms with Crippen LogP contribution in [0.5, 0.6) is 5.75 Å². The summed E-state index contributed by atoms with van der Waals surface area (Å²) in [6.07, 6.45) is -10.0. The van der Waals surface area contributed by atoms with Crippen molar-refractivity contribution in [2.24, 2.45) is 5.14 Å². The lowest BCUT2D eigenvalue weighted by atomic mass is 9.99. The fourth-order valence-corrected chi connectivity index (χ4v) is 3.23. The van der Waals surface area contributed by atoms with Crippen LogP contribution in [0.2, 0.25) is 0 Å². The molecule has 0 unspecified atom stereocenters. The van der Waals surface area contributed by atoms with E-state index in [1.807, 2.05) is 0 Å². The molecule has 2 N–H and O–H groups in total. The van der Waals surface area contributed by atoms with E-state index < -0.39 is 61.6 Å². The Balaban J connectivity index is 2.15. The normalized spacial score (nSPS) is 12.8. The molecule has 0 bridgehead atoms. The second-order valence-corrected chi connectivity index (χ2v) is 7.53. The second-order valence-electron chi connectivity index (χ2n) is 6.00. The van der Waals surface area contributed by atoms with E-state index in [2.05, 4.69) is 9.89 Å². The number of halogens is 7. The van der Waals surface area contributed by atoms with E-state index in [0.717, 1.165) is 30.3 Å². The Kier molecular flexibility index (Phi) is 5.48. The van der Waals surface area contributed by atoms with Crippen molar-refractivity contribution in [3.8, 4) is 28.2 Å². The lowest BCUT2D eigenvalue weighted by Crippen LogP contribution is -2.16. The van der Waals surface area contributed by atoms with E-state index in [4.69, 9.17) is 9.66 Å². The first-order valence-electron chi connectivity index (χ1n) is 7.92. The number of primary sulfonamides is 1. The van der Waals surface area contributed by atoms with Crippen molar-refractivity contribution in [2.75, 3.05) is 0 Å². The molecule has 166 valence electrons. The third-order valence-corrected chi connectivity index (χ3v) is 4.78. The average Bonchev–Trinajstić information content (AvgIpc) is 3.05. The fourth-order valence-electron chi connectivity index (χ4n) is 2.64. The summed E-state index contributed by atoms with van der Waals surface area (Å²) in [6, 6.07) is 5.61. The number of benzene rings is 2. The molecular weight excluding hydrogens is 461 g/mol. The van der Waals surface area contributed by atoms with Gasteiger partial charge in [0.1, 0.15) is 16.5 Å². The predicted molar refractivity (Wildman–Crippen MR) is 90.4 cm³/mol. The van der Waals surface area contributed by atoms with Crippen LogP contribution in [0.1, 0.15) is 5.69 Å². The molecule has 0 atom stereocenters. The zero-order chi connectivity index (χ0) is 23.2. The molecule has 1 heterocycles. The number of hydrogen-bond donors (Lipinski definition) is 1. The maximum atomic E-state index is 14.2. The molecule has 3 aromatic rings. The Hall–Kier alpha value is -3.13. The minimum atomic E-state index is -5.05. The van der Waals surface area contributed by atoms with Crippen LogP contribution in [0, 0.1) is 5.82 Å². The van der Waals surface area contributed by atoms with Gasteiger partial charge >= 0.3 is 12.5 Å². The molecule has 3 rings (SSSR count). The molecule has 0 fully saturated rings. The molecule has 0 amide bonds. The number of nitrogens with two attached hydrogens (primary N) is 1. The molecule has 1 aromatic heterocycles. The van der Waals surface area contributed by atoms with Crippen LogP contribution < -0.4 is 9.88 Å². The molecule has 14 heteroatoms. The zero-order valence-electron chi connectivity index (χ0n) is 14.8. The summed E-state index contributed by atoms with van der Waals surface area (Å²) in [4.78, 5) is -0.948. The van der Waals surface area contributed by atoms with Gasteiger partial charge in [-0.3, -0.25) is 0 Å². The van der Waals surface area contributed by atoms with Gasteiger partial charge in [-0.2, -0.15) is 13.2 Å². The standard InChI is InChI=1S/C17H9F7N2O4S/c18-11-7-9(3-6-12(11)31(25,27)28)13-14(30-26-15(13)16(19,20)21)8-1-4-10(5-2-8)29-17(22,23)24/h1-7H,(H2,25,27,28). The highest BCUT2D eigenvalue weighted by Crippen LogP contribution is 2.43. The highest BCUT2D eigenvalue weighted by Gasteiger charge is 2.40. The minimum Gasteiger partial charge on any atom is -0.406 e. The Morgan fingerprint density at radius 3 is 2.00 bits per heavy atom. The molecule has 6 nitrogen and oxygen atoms in total. The van der Waals surface area contributed by atoms with Crippen LogP contribution in [0.25, 0.3) is 22.5 Å². The Labute approximate surface area is 169 Å². The molecular formula is C17H9F7N2O4S. The van der Waals surface area contributed by atoms with Crippen molar-refractivity contribution >= 4 is 10.0 Å². The summed E-state index contributed by atoms with van der Waals surface area (Å²) in [5.74, 6) is -2.61. The maximum Gasteiger partial charge on any atom is 0.573 e. The summed E-state index contributed by atoms with van der Waals surface area (Å²) in [7, 11) is -4.48. The third-order valence-electron chi connectivity index (χ3n) is 3.84. The molecule has 2 aromatic carbocycles. The van der Waals surface area contributed by atoms with E-state index in [1.54, 1.807) is 0 Å². The summed E-state index contributed by atoms with van der Waals surface area (Å²) < 4.78 is 122. The highest BCUT2D eigenvalue weighted by atomic mass is 32.2. The van der Waals surface area contributed by atoms with Crippen LogP contribution in [0.3, 0.4) is 0 Å². The summed E-state index contributed by atoms with van der Waals surface area (Å²) in [6.45, 7) is 0. The van der Waals surface area contributed by atoms with Gasteiger partial charge in [-0.1, -0.05) is 11.2 Å². The monoisotopic (exact) mass is 470 g/mol. The van der Waals surface area contributed by atoms with Crippen LogP contribution in [0.4, 0.5) is 30.7 Å². The number of ether oxygens (including phenoxy) is 1. The number of alkyl halides is 6. The SMILES string of the molecule is NS(=O)(=O)c1ccc(-c2c(C(F)(F)F)noc2-c2ccc(OC(F)(F)F)cc2)cc1F. The molecule has 0 radical (unpaired) electrons. The van der Waals surface area contributed by atoms with Gasteiger partial charge in [0.05, 0.1) is 5.56 Å². The van der Waals surface area contributed by atoms with Crippen LogP contribution >= 0.6 is 0 Å². The number of hydrogen-bond acceptors (Lipinski definition) is 5. The van der Waals surface area contributed by atoms with Gasteiger partial charge in [0.2, 0.25) is 10.0 Å².